The van der Waals surface area contributed by atoms with Crippen LogP contribution >= 0.6 is 11.8 Å². The first-order valence-corrected chi connectivity index (χ1v) is 10.3. The summed E-state index contributed by atoms with van der Waals surface area (Å²) >= 11 is 1.12. The van der Waals surface area contributed by atoms with E-state index in [9.17, 15) is 18.0 Å². The summed E-state index contributed by atoms with van der Waals surface area (Å²) < 4.78 is 52.4. The molecule has 2 aliphatic rings. The van der Waals surface area contributed by atoms with Crippen LogP contribution in [0.4, 0.5) is 18.0 Å². The number of ether oxygens (including phenoxy) is 2. The van der Waals surface area contributed by atoms with Crippen molar-refractivity contribution in [3.05, 3.63) is 58.6 Å². The Morgan fingerprint density at radius 3 is 2.76 bits per heavy atom. The lowest BCUT2D eigenvalue weighted by molar-refractivity contribution is -0.00709. The number of hydrogen-bond acceptors (Lipinski definition) is 5. The zero-order valence-electron chi connectivity index (χ0n) is 15.7. The number of alkyl halides is 2. The van der Waals surface area contributed by atoms with Gasteiger partial charge in [-0.05, 0) is 31.1 Å². The molecule has 3 rings (SSSR count). The molecule has 29 heavy (non-hydrogen) atoms. The molecule has 1 atom stereocenters. The van der Waals surface area contributed by atoms with Crippen LogP contribution in [0.2, 0.25) is 0 Å². The quantitative estimate of drug-likeness (QED) is 0.590. The van der Waals surface area contributed by atoms with E-state index in [1.54, 1.807) is 12.2 Å². The Balaban J connectivity index is 1.68. The summed E-state index contributed by atoms with van der Waals surface area (Å²) in [5, 5.41) is 9.49. The molecular weight excluding hydrogens is 407 g/mol. The third-order valence-electron chi connectivity index (χ3n) is 4.66. The number of thioether (sulfide) groups is 1. The van der Waals surface area contributed by atoms with E-state index >= 15 is 0 Å². The number of hydrogen-bond donors (Lipinski definition) is 1. The van der Waals surface area contributed by atoms with Crippen LogP contribution in [-0.2, 0) is 15.4 Å². The van der Waals surface area contributed by atoms with Crippen LogP contribution in [-0.4, -0.2) is 47.7 Å². The molecule has 2 aliphatic heterocycles. The summed E-state index contributed by atoms with van der Waals surface area (Å²) in [7, 11) is 0. The summed E-state index contributed by atoms with van der Waals surface area (Å²) in [6, 6.07) is 4.16. The van der Waals surface area contributed by atoms with Crippen LogP contribution < -0.4 is 0 Å². The van der Waals surface area contributed by atoms with Gasteiger partial charge in [0.2, 0.25) is 0 Å². The zero-order chi connectivity index (χ0) is 20.9. The van der Waals surface area contributed by atoms with Crippen molar-refractivity contribution in [2.75, 3.05) is 25.4 Å². The van der Waals surface area contributed by atoms with Crippen LogP contribution in [0.25, 0.3) is 0 Å². The Kier molecular flexibility index (Phi) is 7.13. The number of rotatable bonds is 8. The van der Waals surface area contributed by atoms with Crippen LogP contribution in [0.15, 0.2) is 47.2 Å². The molecule has 1 aromatic carbocycles. The molecule has 1 unspecified atom stereocenters. The minimum atomic E-state index is -3.13. The molecule has 5 nitrogen and oxygen atoms in total. The van der Waals surface area contributed by atoms with E-state index < -0.39 is 24.3 Å². The third-order valence-corrected chi connectivity index (χ3v) is 5.80. The van der Waals surface area contributed by atoms with E-state index in [1.165, 1.54) is 0 Å². The molecule has 0 aliphatic carbocycles. The van der Waals surface area contributed by atoms with Crippen molar-refractivity contribution in [3.8, 4) is 0 Å². The summed E-state index contributed by atoms with van der Waals surface area (Å²) in [6.07, 6.45) is 3.25. The predicted octanol–water partition coefficient (Wildman–Crippen LogP) is 4.96. The lowest BCUT2D eigenvalue weighted by atomic mass is 10.1. The zero-order valence-corrected chi connectivity index (χ0v) is 16.5. The lowest BCUT2D eigenvalue weighted by Gasteiger charge is -2.31. The average Bonchev–Trinajstić information content (AvgIpc) is 3.17. The van der Waals surface area contributed by atoms with Crippen LogP contribution in [0.5, 0.6) is 0 Å². The first-order valence-electron chi connectivity index (χ1n) is 9.30. The summed E-state index contributed by atoms with van der Waals surface area (Å²) in [6.45, 7) is 1.74. The second-order valence-corrected chi connectivity index (χ2v) is 7.87. The summed E-state index contributed by atoms with van der Waals surface area (Å²) in [4.78, 5) is 12.9. The van der Waals surface area contributed by atoms with E-state index in [-0.39, 0.29) is 23.2 Å². The normalized spacial score (nSPS) is 19.7. The summed E-state index contributed by atoms with van der Waals surface area (Å²) in [5.41, 5.74) is -0.254. The second kappa shape index (κ2) is 9.58. The second-order valence-electron chi connectivity index (χ2n) is 6.79. The molecule has 0 radical (unpaired) electrons. The van der Waals surface area contributed by atoms with Gasteiger partial charge >= 0.3 is 6.16 Å². The molecule has 158 valence electrons. The topological polar surface area (TPSA) is 59.0 Å². The van der Waals surface area contributed by atoms with Gasteiger partial charge in [-0.15, -0.1) is 11.8 Å². The maximum atomic E-state index is 14.4. The molecule has 2 heterocycles. The first kappa shape index (κ1) is 21.6. The molecule has 0 spiro atoms. The third kappa shape index (κ3) is 5.93. The first-order chi connectivity index (χ1) is 13.8. The monoisotopic (exact) mass is 429 g/mol. The van der Waals surface area contributed by atoms with Gasteiger partial charge in [-0.2, -0.15) is 0 Å². The van der Waals surface area contributed by atoms with E-state index in [1.807, 2.05) is 4.90 Å². The standard InChI is InChI=1S/C20H22F3NO4S/c21-15-7-5-14(6-8-15)20(22,23)9-12-29-18-17(28-19(25)26)4-1-10-24(18)13-16-3-2-11-27-16/h1,4-8,16H,2-3,9-13H2,(H,25,26). The Bertz CT molecular complexity index is 776. The molecule has 1 N–H and O–H groups in total. The Morgan fingerprint density at radius 1 is 1.34 bits per heavy atom. The van der Waals surface area contributed by atoms with Gasteiger partial charge in [0.25, 0.3) is 5.92 Å². The van der Waals surface area contributed by atoms with Crippen LogP contribution in [0.1, 0.15) is 24.8 Å². The number of nitrogens with zero attached hydrogens (tertiary/aromatic N) is 1. The van der Waals surface area contributed by atoms with Crippen molar-refractivity contribution in [2.45, 2.75) is 31.3 Å². The van der Waals surface area contributed by atoms with Crippen molar-refractivity contribution in [1.82, 2.24) is 4.90 Å². The minimum absolute atomic E-state index is 0.0174. The minimum Gasteiger partial charge on any atom is -0.449 e. The maximum Gasteiger partial charge on any atom is 0.511 e. The van der Waals surface area contributed by atoms with Gasteiger partial charge < -0.3 is 19.5 Å². The van der Waals surface area contributed by atoms with Crippen molar-refractivity contribution in [3.63, 3.8) is 0 Å². The molecular formula is C20H22F3NO4S. The van der Waals surface area contributed by atoms with Crippen molar-refractivity contribution in [1.29, 1.82) is 0 Å². The SMILES string of the molecule is O=C(O)OC1=C(SCCC(F)(F)c2ccc(F)cc2)N(CC2CCCO2)CC=C1. The Hall–Kier alpha value is -2.13. The highest BCUT2D eigenvalue weighted by Crippen LogP contribution is 2.36. The molecule has 9 heteroatoms. The van der Waals surface area contributed by atoms with E-state index in [0.717, 1.165) is 48.9 Å². The Morgan fingerprint density at radius 2 is 2.10 bits per heavy atom. The predicted molar refractivity (Wildman–Crippen MR) is 103 cm³/mol. The van der Waals surface area contributed by atoms with Crippen molar-refractivity contribution >= 4 is 17.9 Å². The number of allylic oxidation sites excluding steroid dienone is 1. The van der Waals surface area contributed by atoms with Gasteiger partial charge in [-0.25, -0.2) is 18.0 Å². The van der Waals surface area contributed by atoms with Gasteiger partial charge in [0.05, 0.1) is 6.10 Å². The number of carboxylic acid groups (broad SMARTS) is 1. The molecule has 0 saturated carbocycles. The van der Waals surface area contributed by atoms with Gasteiger partial charge in [-0.1, -0.05) is 18.2 Å². The van der Waals surface area contributed by atoms with Gasteiger partial charge in [-0.3, -0.25) is 0 Å². The van der Waals surface area contributed by atoms with Crippen LogP contribution in [0, 0.1) is 5.82 Å². The molecule has 1 aromatic rings. The van der Waals surface area contributed by atoms with Crippen molar-refractivity contribution in [2.24, 2.45) is 0 Å². The number of carbonyl (C=O) groups is 1. The van der Waals surface area contributed by atoms with Crippen LogP contribution in [0.3, 0.4) is 0 Å². The molecule has 0 amide bonds. The number of benzene rings is 1. The highest BCUT2D eigenvalue weighted by molar-refractivity contribution is 8.03. The smallest absolute Gasteiger partial charge is 0.449 e. The van der Waals surface area contributed by atoms with E-state index in [4.69, 9.17) is 14.6 Å². The Labute approximate surface area is 171 Å². The molecule has 0 bridgehead atoms. The largest absolute Gasteiger partial charge is 0.511 e. The average molecular weight is 429 g/mol. The fourth-order valence-electron chi connectivity index (χ4n) is 3.24. The van der Waals surface area contributed by atoms with E-state index in [2.05, 4.69) is 0 Å². The fraction of sp³-hybridized carbons (Fsp3) is 0.450. The van der Waals surface area contributed by atoms with Gasteiger partial charge in [0, 0.05) is 37.4 Å². The number of halogens is 3. The highest BCUT2D eigenvalue weighted by Gasteiger charge is 2.32. The summed E-state index contributed by atoms with van der Waals surface area (Å²) in [5.74, 6) is -3.55. The lowest BCUT2D eigenvalue weighted by Crippen LogP contribution is -2.33. The molecule has 0 aromatic heterocycles. The van der Waals surface area contributed by atoms with E-state index in [0.29, 0.717) is 24.7 Å². The van der Waals surface area contributed by atoms with Gasteiger partial charge in [0.1, 0.15) is 10.8 Å². The highest BCUT2D eigenvalue weighted by atomic mass is 32.2. The molecule has 1 saturated heterocycles. The van der Waals surface area contributed by atoms with Crippen molar-refractivity contribution < 1.29 is 32.5 Å². The fourth-order valence-corrected chi connectivity index (χ4v) is 4.37. The molecule has 1 fully saturated rings. The van der Waals surface area contributed by atoms with Gasteiger partial charge in [0.15, 0.2) is 5.76 Å². The maximum absolute atomic E-state index is 14.4.